The minimum atomic E-state index is -4.28. The van der Waals surface area contributed by atoms with Gasteiger partial charge in [0.1, 0.15) is 6.61 Å². The SMILES string of the molecule is CNC(CCOCC(F)(F)F)Cc1nnn(C)n1. The van der Waals surface area contributed by atoms with Gasteiger partial charge in [0.15, 0.2) is 5.82 Å². The van der Waals surface area contributed by atoms with Crippen LogP contribution in [0.25, 0.3) is 0 Å². The number of halogens is 3. The van der Waals surface area contributed by atoms with Gasteiger partial charge in [-0.3, -0.25) is 0 Å². The van der Waals surface area contributed by atoms with E-state index in [-0.39, 0.29) is 12.6 Å². The van der Waals surface area contributed by atoms with Gasteiger partial charge in [-0.15, -0.1) is 10.2 Å². The van der Waals surface area contributed by atoms with E-state index in [0.717, 1.165) is 0 Å². The molecule has 6 nitrogen and oxygen atoms in total. The predicted molar refractivity (Wildman–Crippen MR) is 56.8 cm³/mol. The highest BCUT2D eigenvalue weighted by molar-refractivity contribution is 4.83. The summed E-state index contributed by atoms with van der Waals surface area (Å²) in [6.45, 7) is -1.18. The van der Waals surface area contributed by atoms with Crippen LogP contribution in [0.3, 0.4) is 0 Å². The predicted octanol–water partition coefficient (Wildman–Crippen LogP) is 0.310. The Morgan fingerprint density at radius 2 is 2.17 bits per heavy atom. The molecule has 1 atom stereocenters. The van der Waals surface area contributed by atoms with Gasteiger partial charge in [0.25, 0.3) is 0 Å². The van der Waals surface area contributed by atoms with Crippen LogP contribution in [0.4, 0.5) is 13.2 Å². The Balaban J connectivity index is 2.25. The molecule has 0 aliphatic heterocycles. The molecule has 1 N–H and O–H groups in total. The van der Waals surface area contributed by atoms with Gasteiger partial charge in [0.2, 0.25) is 0 Å². The highest BCUT2D eigenvalue weighted by Crippen LogP contribution is 2.14. The molecule has 0 radical (unpaired) electrons. The summed E-state index contributed by atoms with van der Waals surface area (Å²) in [4.78, 5) is 1.34. The van der Waals surface area contributed by atoms with Crippen molar-refractivity contribution < 1.29 is 17.9 Å². The average molecular weight is 267 g/mol. The molecule has 1 heterocycles. The lowest BCUT2D eigenvalue weighted by Crippen LogP contribution is -2.30. The number of tetrazole rings is 1. The Kier molecular flexibility index (Phi) is 5.48. The van der Waals surface area contributed by atoms with Crippen LogP contribution in [0, 0.1) is 0 Å². The standard InChI is InChI=1S/C9H16F3N5O/c1-13-7(3-4-18-6-9(10,11)12)5-8-14-16-17(2)15-8/h7,13H,3-6H2,1-2H3. The molecule has 18 heavy (non-hydrogen) atoms. The first-order chi connectivity index (χ1) is 8.40. The number of hydrogen-bond donors (Lipinski definition) is 1. The second-order valence-corrected chi connectivity index (χ2v) is 3.84. The fourth-order valence-electron chi connectivity index (χ4n) is 1.39. The van der Waals surface area contributed by atoms with E-state index >= 15 is 0 Å². The first-order valence-corrected chi connectivity index (χ1v) is 5.45. The summed E-state index contributed by atoms with van der Waals surface area (Å²) in [6.07, 6.45) is -3.33. The normalized spacial score (nSPS) is 13.8. The smallest absolute Gasteiger partial charge is 0.372 e. The lowest BCUT2D eigenvalue weighted by atomic mass is 10.1. The first-order valence-electron chi connectivity index (χ1n) is 5.45. The number of nitrogens with zero attached hydrogens (tertiary/aromatic N) is 4. The van der Waals surface area contributed by atoms with Crippen molar-refractivity contribution in [2.45, 2.75) is 25.1 Å². The molecular weight excluding hydrogens is 251 g/mol. The molecule has 104 valence electrons. The van der Waals surface area contributed by atoms with Crippen molar-refractivity contribution in [2.24, 2.45) is 7.05 Å². The number of aromatic nitrogens is 4. The average Bonchev–Trinajstić information content (AvgIpc) is 2.67. The number of ether oxygens (including phenoxy) is 1. The Morgan fingerprint density at radius 3 is 2.67 bits per heavy atom. The van der Waals surface area contributed by atoms with E-state index < -0.39 is 12.8 Å². The van der Waals surface area contributed by atoms with Crippen molar-refractivity contribution in [3.63, 3.8) is 0 Å². The van der Waals surface area contributed by atoms with Crippen LogP contribution >= 0.6 is 0 Å². The zero-order valence-corrected chi connectivity index (χ0v) is 10.2. The van der Waals surface area contributed by atoms with E-state index in [1.165, 1.54) is 4.80 Å². The van der Waals surface area contributed by atoms with Crippen LogP contribution in [-0.2, 0) is 18.2 Å². The third-order valence-corrected chi connectivity index (χ3v) is 2.26. The van der Waals surface area contributed by atoms with Crippen LogP contribution in [0.5, 0.6) is 0 Å². The molecule has 0 spiro atoms. The summed E-state index contributed by atoms with van der Waals surface area (Å²) in [7, 11) is 3.38. The van der Waals surface area contributed by atoms with Gasteiger partial charge in [-0.05, 0) is 18.7 Å². The van der Waals surface area contributed by atoms with Gasteiger partial charge in [-0.25, -0.2) is 0 Å². The van der Waals surface area contributed by atoms with Crippen molar-refractivity contribution in [1.29, 1.82) is 0 Å². The zero-order valence-electron chi connectivity index (χ0n) is 10.2. The van der Waals surface area contributed by atoms with Gasteiger partial charge in [-0.2, -0.15) is 18.0 Å². The lowest BCUT2D eigenvalue weighted by Gasteiger charge is -2.14. The summed E-state index contributed by atoms with van der Waals surface area (Å²) in [5.74, 6) is 0.549. The molecule has 0 saturated carbocycles. The summed E-state index contributed by atoms with van der Waals surface area (Å²) in [5, 5.41) is 14.5. The molecule has 0 bridgehead atoms. The second-order valence-electron chi connectivity index (χ2n) is 3.84. The van der Waals surface area contributed by atoms with Gasteiger partial charge in [0.05, 0.1) is 7.05 Å². The lowest BCUT2D eigenvalue weighted by molar-refractivity contribution is -0.174. The second kappa shape index (κ2) is 6.64. The maximum Gasteiger partial charge on any atom is 0.411 e. The Bertz CT molecular complexity index is 354. The molecule has 1 rings (SSSR count). The molecule has 0 saturated heterocycles. The number of nitrogens with one attached hydrogen (secondary N) is 1. The molecule has 1 aromatic heterocycles. The van der Waals surface area contributed by atoms with Crippen LogP contribution in [0.2, 0.25) is 0 Å². The van der Waals surface area contributed by atoms with Crippen molar-refractivity contribution in [2.75, 3.05) is 20.3 Å². The van der Waals surface area contributed by atoms with Crippen molar-refractivity contribution in [1.82, 2.24) is 25.5 Å². The molecule has 9 heteroatoms. The van der Waals surface area contributed by atoms with E-state index in [1.807, 2.05) is 0 Å². The Labute approximate surface area is 102 Å². The van der Waals surface area contributed by atoms with E-state index in [0.29, 0.717) is 18.7 Å². The Hall–Kier alpha value is -1.22. The van der Waals surface area contributed by atoms with Gasteiger partial charge >= 0.3 is 6.18 Å². The summed E-state index contributed by atoms with van der Waals surface area (Å²) >= 11 is 0. The molecule has 0 aliphatic rings. The van der Waals surface area contributed by atoms with Crippen molar-refractivity contribution >= 4 is 0 Å². The Morgan fingerprint density at radius 1 is 1.44 bits per heavy atom. The third-order valence-electron chi connectivity index (χ3n) is 2.26. The van der Waals surface area contributed by atoms with Crippen LogP contribution in [-0.4, -0.2) is 52.7 Å². The van der Waals surface area contributed by atoms with Gasteiger partial charge < -0.3 is 10.1 Å². The van der Waals surface area contributed by atoms with Gasteiger partial charge in [0, 0.05) is 19.1 Å². The minimum Gasteiger partial charge on any atom is -0.372 e. The van der Waals surface area contributed by atoms with E-state index in [9.17, 15) is 13.2 Å². The highest BCUT2D eigenvalue weighted by Gasteiger charge is 2.27. The molecule has 0 aliphatic carbocycles. The maximum absolute atomic E-state index is 11.8. The molecule has 1 unspecified atom stereocenters. The molecule has 0 aromatic carbocycles. The fourth-order valence-corrected chi connectivity index (χ4v) is 1.39. The molecule has 0 fully saturated rings. The maximum atomic E-state index is 11.8. The minimum absolute atomic E-state index is 0.0330. The summed E-state index contributed by atoms with van der Waals surface area (Å²) in [6, 6.07) is -0.0394. The summed E-state index contributed by atoms with van der Waals surface area (Å²) in [5.41, 5.74) is 0. The number of hydrogen-bond acceptors (Lipinski definition) is 5. The van der Waals surface area contributed by atoms with Crippen LogP contribution in [0.15, 0.2) is 0 Å². The highest BCUT2D eigenvalue weighted by atomic mass is 19.4. The number of aryl methyl sites for hydroxylation is 1. The molecule has 0 amide bonds. The van der Waals surface area contributed by atoms with Crippen LogP contribution in [0.1, 0.15) is 12.2 Å². The van der Waals surface area contributed by atoms with Crippen molar-refractivity contribution in [3.8, 4) is 0 Å². The fraction of sp³-hybridized carbons (Fsp3) is 0.889. The van der Waals surface area contributed by atoms with Crippen molar-refractivity contribution in [3.05, 3.63) is 5.82 Å². The third kappa shape index (κ3) is 5.92. The first kappa shape index (κ1) is 14.8. The van der Waals surface area contributed by atoms with E-state index in [2.05, 4.69) is 25.5 Å². The zero-order chi connectivity index (χ0) is 13.6. The number of rotatable bonds is 7. The monoisotopic (exact) mass is 267 g/mol. The molecular formula is C9H16F3N5O. The topological polar surface area (TPSA) is 64.9 Å². The van der Waals surface area contributed by atoms with Gasteiger partial charge in [-0.1, -0.05) is 0 Å². The van der Waals surface area contributed by atoms with Crippen LogP contribution < -0.4 is 5.32 Å². The largest absolute Gasteiger partial charge is 0.411 e. The number of likely N-dealkylation sites (N-methyl/N-ethyl adjacent to an activating group) is 1. The summed E-state index contributed by atoms with van der Waals surface area (Å²) < 4.78 is 40.1. The van der Waals surface area contributed by atoms with E-state index in [1.54, 1.807) is 14.1 Å². The molecule has 1 aromatic rings. The van der Waals surface area contributed by atoms with E-state index in [4.69, 9.17) is 0 Å². The number of alkyl halides is 3. The quantitative estimate of drug-likeness (QED) is 0.720.